The average molecular weight is 347 g/mol. The Bertz CT molecular complexity index is 450. The number of aliphatic carboxylic acids is 2. The van der Waals surface area contributed by atoms with Gasteiger partial charge in [0.25, 0.3) is 0 Å². The maximum atomic E-state index is 11.7. The zero-order chi connectivity index (χ0) is 18.7. The fourth-order valence-corrected chi connectivity index (χ4v) is 1.59. The molecule has 0 spiro atoms. The molecule has 0 aliphatic heterocycles. The normalized spacial score (nSPS) is 12.4. The first-order chi connectivity index (χ1) is 11.2. The number of carbonyl (C=O) groups excluding carboxylic acids is 4. The van der Waals surface area contributed by atoms with Gasteiger partial charge in [0.15, 0.2) is 0 Å². The van der Waals surface area contributed by atoms with Crippen LogP contribution in [0.3, 0.4) is 0 Å². The number of esters is 2. The Hall–Kier alpha value is -2.85. The second-order valence-electron chi connectivity index (χ2n) is 4.61. The molecule has 0 heterocycles. The van der Waals surface area contributed by atoms with Crippen molar-refractivity contribution in [2.24, 2.45) is 0 Å². The molecule has 0 aromatic carbocycles. The maximum Gasteiger partial charge on any atom is 0.326 e. The summed E-state index contributed by atoms with van der Waals surface area (Å²) in [5, 5.41) is 23.9. The Morgan fingerprint density at radius 2 is 1.33 bits per heavy atom. The summed E-state index contributed by atoms with van der Waals surface area (Å²) < 4.78 is 8.70. The van der Waals surface area contributed by atoms with Crippen LogP contribution in [0.15, 0.2) is 0 Å². The molecule has 0 radical (unpaired) electrons. The number of nitrogens with one attached hydrogen (secondary N) is 2. The molecule has 0 aliphatic carbocycles. The minimum atomic E-state index is -1.64. The quantitative estimate of drug-likeness (QED) is 0.370. The molecule has 2 atom stereocenters. The third-order valence-electron chi connectivity index (χ3n) is 2.92. The van der Waals surface area contributed by atoms with E-state index in [1.54, 1.807) is 0 Å². The highest BCUT2D eigenvalue weighted by atomic mass is 16.5. The number of carboxylic acids is 2. The predicted octanol–water partition coefficient (Wildman–Crippen LogP) is -2.24. The molecule has 0 saturated heterocycles. The van der Waals surface area contributed by atoms with Gasteiger partial charge in [-0.3, -0.25) is 9.59 Å². The van der Waals surface area contributed by atoms with Crippen molar-refractivity contribution in [3.63, 3.8) is 0 Å². The lowest BCUT2D eigenvalue weighted by Crippen LogP contribution is -2.54. The van der Waals surface area contributed by atoms with Crippen LogP contribution in [0.1, 0.15) is 25.7 Å². The highest BCUT2D eigenvalue weighted by Crippen LogP contribution is 2.01. The lowest BCUT2D eigenvalue weighted by atomic mass is 10.1. The van der Waals surface area contributed by atoms with Crippen molar-refractivity contribution in [3.05, 3.63) is 0 Å². The summed E-state index contributed by atoms with van der Waals surface area (Å²) in [5.41, 5.74) is 0. The number of hydrogen-bond acceptors (Lipinski definition) is 8. The Morgan fingerprint density at radius 1 is 0.917 bits per heavy atom. The summed E-state index contributed by atoms with van der Waals surface area (Å²) in [6, 6.07) is -4.03. The van der Waals surface area contributed by atoms with Gasteiger partial charge >= 0.3 is 23.9 Å². The lowest BCUT2D eigenvalue weighted by molar-refractivity contribution is -0.308. The number of urea groups is 1. The molecule has 0 saturated carbocycles. The monoisotopic (exact) mass is 347 g/mol. The van der Waals surface area contributed by atoms with E-state index in [0.717, 1.165) is 14.2 Å². The maximum absolute atomic E-state index is 11.7. The van der Waals surface area contributed by atoms with Crippen molar-refractivity contribution >= 4 is 29.9 Å². The van der Waals surface area contributed by atoms with Crippen LogP contribution in [0.4, 0.5) is 4.79 Å². The average Bonchev–Trinajstić information content (AvgIpc) is 2.53. The van der Waals surface area contributed by atoms with Gasteiger partial charge in [0.2, 0.25) is 0 Å². The van der Waals surface area contributed by atoms with Gasteiger partial charge in [-0.15, -0.1) is 0 Å². The van der Waals surface area contributed by atoms with E-state index in [1.165, 1.54) is 0 Å². The van der Waals surface area contributed by atoms with Crippen LogP contribution in [-0.2, 0) is 28.7 Å². The van der Waals surface area contributed by atoms with Crippen LogP contribution >= 0.6 is 0 Å². The van der Waals surface area contributed by atoms with Crippen LogP contribution in [0.5, 0.6) is 0 Å². The van der Waals surface area contributed by atoms with Crippen molar-refractivity contribution in [1.29, 1.82) is 0 Å². The number of methoxy groups -OCH3 is 2. The second kappa shape index (κ2) is 10.8. The minimum Gasteiger partial charge on any atom is -0.548 e. The second-order valence-corrected chi connectivity index (χ2v) is 4.61. The number of amides is 2. The van der Waals surface area contributed by atoms with Gasteiger partial charge < -0.3 is 35.1 Å². The topological polar surface area (TPSA) is 171 Å². The number of rotatable bonds is 10. The molecule has 0 aromatic rings. The molecule has 2 amide bonds. The molecule has 136 valence electrons. The summed E-state index contributed by atoms with van der Waals surface area (Å²) in [5.74, 6) is -4.39. The molecule has 3 N–H and O–H groups in total. The fourth-order valence-electron chi connectivity index (χ4n) is 1.59. The van der Waals surface area contributed by atoms with E-state index in [4.69, 9.17) is 5.11 Å². The van der Waals surface area contributed by atoms with Gasteiger partial charge in [-0.05, 0) is 12.8 Å². The largest absolute Gasteiger partial charge is 0.548 e. The van der Waals surface area contributed by atoms with Gasteiger partial charge in [-0.2, -0.15) is 0 Å². The zero-order valence-electron chi connectivity index (χ0n) is 13.2. The Morgan fingerprint density at radius 3 is 1.71 bits per heavy atom. The molecule has 0 bridgehead atoms. The van der Waals surface area contributed by atoms with E-state index < -0.39 is 42.0 Å². The van der Waals surface area contributed by atoms with Gasteiger partial charge in [0.1, 0.15) is 6.04 Å². The molecule has 0 unspecified atom stereocenters. The first-order valence-corrected chi connectivity index (χ1v) is 6.85. The van der Waals surface area contributed by atoms with Crippen molar-refractivity contribution in [1.82, 2.24) is 10.6 Å². The smallest absolute Gasteiger partial charge is 0.326 e. The molecule has 11 heteroatoms. The van der Waals surface area contributed by atoms with Crippen LogP contribution < -0.4 is 15.7 Å². The Kier molecular flexibility index (Phi) is 9.52. The van der Waals surface area contributed by atoms with Crippen LogP contribution in [0.25, 0.3) is 0 Å². The van der Waals surface area contributed by atoms with E-state index in [2.05, 4.69) is 9.47 Å². The molecular weight excluding hydrogens is 328 g/mol. The van der Waals surface area contributed by atoms with Crippen LogP contribution in [-0.4, -0.2) is 61.3 Å². The third-order valence-corrected chi connectivity index (χ3v) is 2.92. The molecule has 0 fully saturated rings. The Labute approximate surface area is 137 Å². The van der Waals surface area contributed by atoms with Crippen molar-refractivity contribution in [3.8, 4) is 0 Å². The van der Waals surface area contributed by atoms with Crippen molar-refractivity contribution < 1.29 is 43.7 Å². The molecule has 0 aliphatic rings. The van der Waals surface area contributed by atoms with Gasteiger partial charge in [-0.25, -0.2) is 9.59 Å². The van der Waals surface area contributed by atoms with E-state index in [0.29, 0.717) is 0 Å². The summed E-state index contributed by atoms with van der Waals surface area (Å²) >= 11 is 0. The highest BCUT2D eigenvalue weighted by Gasteiger charge is 2.23. The number of carbonyl (C=O) groups is 5. The molecule has 0 aromatic heterocycles. The minimum absolute atomic E-state index is 0.242. The number of carboxylic acid groups (broad SMARTS) is 2. The fraction of sp³-hybridized carbons (Fsp3) is 0.615. The van der Waals surface area contributed by atoms with Gasteiger partial charge in [0, 0.05) is 12.8 Å². The standard InChI is InChI=1S/C13H20N2O9/c1-23-9(16)5-3-7(11(18)19)14-13(22)15-8(12(20)21)4-6-10(17)24-2/h7-8H,3-6H2,1-2H3,(H,18,19)(H,20,21)(H2,14,15,22)/p-1/t7-,8+. The lowest BCUT2D eigenvalue weighted by Gasteiger charge is -2.21. The first kappa shape index (κ1) is 21.1. The summed E-state index contributed by atoms with van der Waals surface area (Å²) in [4.78, 5) is 55.6. The van der Waals surface area contributed by atoms with E-state index in [9.17, 15) is 29.1 Å². The first-order valence-electron chi connectivity index (χ1n) is 6.85. The third kappa shape index (κ3) is 8.56. The molecule has 11 nitrogen and oxygen atoms in total. The number of hydrogen-bond donors (Lipinski definition) is 3. The van der Waals surface area contributed by atoms with Gasteiger partial charge in [0.05, 0.1) is 26.2 Å². The SMILES string of the molecule is COC(=O)CC[C@H](NC(=O)N[C@H](CCC(=O)OC)C(=O)[O-])C(=O)O. The van der Waals surface area contributed by atoms with Crippen molar-refractivity contribution in [2.45, 2.75) is 37.8 Å². The van der Waals surface area contributed by atoms with E-state index in [-0.39, 0.29) is 25.7 Å². The molecular formula is C13H19N2O9-. The zero-order valence-corrected chi connectivity index (χ0v) is 13.2. The van der Waals surface area contributed by atoms with Crippen LogP contribution in [0.2, 0.25) is 0 Å². The Balaban J connectivity index is 4.60. The summed E-state index contributed by atoms with van der Waals surface area (Å²) in [7, 11) is 2.25. The van der Waals surface area contributed by atoms with Gasteiger partial charge in [-0.1, -0.05) is 0 Å². The van der Waals surface area contributed by atoms with E-state index >= 15 is 0 Å². The summed E-state index contributed by atoms with van der Waals surface area (Å²) in [6.07, 6.45) is -1.06. The molecule has 0 rings (SSSR count). The molecule has 24 heavy (non-hydrogen) atoms. The highest BCUT2D eigenvalue weighted by molar-refractivity contribution is 5.86. The van der Waals surface area contributed by atoms with E-state index in [1.807, 2.05) is 10.6 Å². The summed E-state index contributed by atoms with van der Waals surface area (Å²) in [6.45, 7) is 0. The number of ether oxygens (including phenoxy) is 2. The predicted molar refractivity (Wildman–Crippen MR) is 74.4 cm³/mol. The van der Waals surface area contributed by atoms with Crippen LogP contribution in [0, 0.1) is 0 Å². The van der Waals surface area contributed by atoms with Crippen molar-refractivity contribution in [2.75, 3.05) is 14.2 Å².